The van der Waals surface area contributed by atoms with Crippen LogP contribution in [-0.2, 0) is 19.0 Å². The summed E-state index contributed by atoms with van der Waals surface area (Å²) in [6.07, 6.45) is -5.58. The molecule has 3 rings (SSSR count). The third kappa shape index (κ3) is 3.87. The number of hydrogen-bond donors (Lipinski definition) is 5. The zero-order chi connectivity index (χ0) is 16.9. The highest BCUT2D eigenvalue weighted by Gasteiger charge is 2.63. The lowest BCUT2D eigenvalue weighted by molar-refractivity contribution is -0.420. The monoisotopic (exact) mass is 422 g/mol. The lowest BCUT2D eigenvalue weighted by Gasteiger charge is -2.55. The second-order valence-electron chi connectivity index (χ2n) is 6.40. The van der Waals surface area contributed by atoms with Crippen LogP contribution < -0.4 is 10.6 Å². The Labute approximate surface area is 163 Å². The lowest BCUT2D eigenvalue weighted by atomic mass is 9.80. The Bertz CT molecular complexity index is 490. The number of halogens is 2. The van der Waals surface area contributed by atoms with E-state index in [0.29, 0.717) is 0 Å². The molecule has 0 spiro atoms. The summed E-state index contributed by atoms with van der Waals surface area (Å²) in [5.74, 6) is -2.76. The molecule has 0 radical (unpaired) electrons. The molecule has 26 heavy (non-hydrogen) atoms. The van der Waals surface area contributed by atoms with Gasteiger partial charge in [-0.25, -0.2) is 0 Å². The topological polar surface area (TPSA) is 161 Å². The fourth-order valence-electron chi connectivity index (χ4n) is 3.68. The number of carbonyl (C=O) groups excluding carboxylic acids is 1. The summed E-state index contributed by atoms with van der Waals surface area (Å²) < 4.78 is 16.8. The summed E-state index contributed by atoms with van der Waals surface area (Å²) in [5.41, 5.74) is 0. The summed E-state index contributed by atoms with van der Waals surface area (Å²) in [7, 11) is 3.24. The van der Waals surface area contributed by atoms with Gasteiger partial charge in [0.15, 0.2) is 5.78 Å². The van der Waals surface area contributed by atoms with E-state index in [1.165, 1.54) is 0 Å². The number of carbonyl (C=O) groups is 1. The van der Waals surface area contributed by atoms with Crippen molar-refractivity contribution >= 4 is 30.6 Å². The molecule has 0 amide bonds. The molecule has 2 aliphatic heterocycles. The van der Waals surface area contributed by atoms with Crippen molar-refractivity contribution in [3.8, 4) is 0 Å². The highest BCUT2D eigenvalue weighted by atomic mass is 35.5. The molecule has 0 bridgehead atoms. The number of likely N-dealkylation sites (N-methyl/N-ethyl adjacent to an activating group) is 2. The lowest BCUT2D eigenvalue weighted by Crippen LogP contribution is -2.77. The molecule has 1 aliphatic carbocycles. The van der Waals surface area contributed by atoms with Gasteiger partial charge in [-0.05, 0) is 21.0 Å². The summed E-state index contributed by atoms with van der Waals surface area (Å²) in [4.78, 5) is 12.2. The molecule has 0 aromatic carbocycles. The van der Waals surface area contributed by atoms with Crippen molar-refractivity contribution < 1.29 is 39.8 Å². The van der Waals surface area contributed by atoms with Crippen molar-refractivity contribution in [1.29, 1.82) is 0 Å². The maximum absolute atomic E-state index is 12.2. The van der Waals surface area contributed by atoms with E-state index < -0.39 is 60.5 Å². The van der Waals surface area contributed by atoms with Crippen molar-refractivity contribution in [2.45, 2.75) is 68.0 Å². The van der Waals surface area contributed by atoms with Crippen molar-refractivity contribution in [2.24, 2.45) is 0 Å². The number of ether oxygens (including phenoxy) is 3. The smallest absolute Gasteiger partial charge is 0.280 e. The van der Waals surface area contributed by atoms with Gasteiger partial charge >= 0.3 is 0 Å². The SMILES string of the molecule is CN[C@@H]1[C@H](O)[C@H](NC)[C@H]2O[C@@]3(O)C(=O)C[C@@H](C)O[C@H]3O[C@@H]2[C@H]1O.Cl.Cl.O. The molecule has 3 aliphatic rings. The van der Waals surface area contributed by atoms with Gasteiger partial charge in [-0.2, -0.15) is 0 Å². The molecule has 7 N–H and O–H groups in total. The molecule has 9 atom stereocenters. The van der Waals surface area contributed by atoms with Crippen molar-refractivity contribution in [3.63, 3.8) is 0 Å². The van der Waals surface area contributed by atoms with Gasteiger partial charge in [-0.15, -0.1) is 24.8 Å². The van der Waals surface area contributed by atoms with Crippen molar-refractivity contribution in [1.82, 2.24) is 10.6 Å². The predicted octanol–water partition coefficient (Wildman–Crippen LogP) is -2.91. The minimum atomic E-state index is -2.23. The van der Waals surface area contributed by atoms with Crippen molar-refractivity contribution in [3.05, 3.63) is 0 Å². The number of ketones is 1. The number of aliphatic hydroxyl groups is 3. The van der Waals surface area contributed by atoms with Crippen molar-refractivity contribution in [2.75, 3.05) is 14.1 Å². The second-order valence-corrected chi connectivity index (χ2v) is 6.40. The van der Waals surface area contributed by atoms with Gasteiger partial charge in [-0.1, -0.05) is 0 Å². The number of aliphatic hydroxyl groups excluding tert-OH is 2. The largest absolute Gasteiger partial charge is 0.412 e. The van der Waals surface area contributed by atoms with Crippen LogP contribution in [-0.4, -0.2) is 95.4 Å². The Morgan fingerprint density at radius 2 is 1.62 bits per heavy atom. The molecule has 3 fully saturated rings. The molecular weight excluding hydrogens is 395 g/mol. The Morgan fingerprint density at radius 3 is 2.15 bits per heavy atom. The summed E-state index contributed by atoms with van der Waals surface area (Å²) in [5, 5.41) is 37.2. The normalized spacial score (nSPS) is 47.4. The minimum absolute atomic E-state index is 0. The molecule has 2 saturated heterocycles. The third-order valence-electron chi connectivity index (χ3n) is 4.93. The molecular formula is C14H28Cl2N2O8. The van der Waals surface area contributed by atoms with Gasteiger partial charge in [0.05, 0.1) is 24.3 Å². The molecule has 2 heterocycles. The van der Waals surface area contributed by atoms with E-state index in [0.717, 1.165) is 0 Å². The number of Topliss-reactive ketones (excluding diaryl/α,β-unsaturated/α-hetero) is 1. The van der Waals surface area contributed by atoms with E-state index in [-0.39, 0.29) is 36.7 Å². The zero-order valence-electron chi connectivity index (χ0n) is 14.6. The highest BCUT2D eigenvalue weighted by Crippen LogP contribution is 2.40. The van der Waals surface area contributed by atoms with Crippen LogP contribution in [0.25, 0.3) is 0 Å². The van der Waals surface area contributed by atoms with Crippen LogP contribution in [0.15, 0.2) is 0 Å². The Balaban J connectivity index is 0.00000208. The molecule has 0 unspecified atom stereocenters. The van der Waals surface area contributed by atoms with E-state index in [1.54, 1.807) is 21.0 Å². The van der Waals surface area contributed by atoms with E-state index in [1.807, 2.05) is 0 Å². The van der Waals surface area contributed by atoms with E-state index in [4.69, 9.17) is 14.2 Å². The number of fused-ring (bicyclic) bond motifs is 2. The van der Waals surface area contributed by atoms with E-state index in [2.05, 4.69) is 10.6 Å². The summed E-state index contributed by atoms with van der Waals surface area (Å²) in [6.45, 7) is 1.70. The highest BCUT2D eigenvalue weighted by molar-refractivity contribution is 5.87. The first-order valence-electron chi connectivity index (χ1n) is 7.78. The first-order chi connectivity index (χ1) is 10.8. The first-order valence-corrected chi connectivity index (χ1v) is 7.78. The molecule has 0 aromatic heterocycles. The van der Waals surface area contributed by atoms with Gasteiger partial charge in [0, 0.05) is 6.42 Å². The van der Waals surface area contributed by atoms with Crippen LogP contribution in [0.2, 0.25) is 0 Å². The molecule has 156 valence electrons. The molecule has 0 aromatic rings. The van der Waals surface area contributed by atoms with Gasteiger partial charge in [0.25, 0.3) is 5.79 Å². The van der Waals surface area contributed by atoms with Crippen LogP contribution >= 0.6 is 24.8 Å². The molecule has 12 heteroatoms. The standard InChI is InChI=1S/C14H24N2O7.2ClH.H2O/c1-5-4-6(17)14(20)13(21-5)22-12-10(19)7(15-2)9(18)8(16-3)11(12)23-14;;;/h5,7-13,15-16,18-20H,4H2,1-3H3;2*1H;1H2/t5-,7-,8+,9+,10+,11-,12-,13+,14+;;;/m1.../s1. The van der Waals surface area contributed by atoms with Crippen LogP contribution in [0.4, 0.5) is 0 Å². The van der Waals surface area contributed by atoms with E-state index >= 15 is 0 Å². The Morgan fingerprint density at radius 1 is 1.04 bits per heavy atom. The van der Waals surface area contributed by atoms with E-state index in [9.17, 15) is 20.1 Å². The average Bonchev–Trinajstić information content (AvgIpc) is 2.49. The maximum atomic E-state index is 12.2. The van der Waals surface area contributed by atoms with Gasteiger partial charge in [0.2, 0.25) is 6.29 Å². The van der Waals surface area contributed by atoms with Crippen LogP contribution in [0.5, 0.6) is 0 Å². The fourth-order valence-corrected chi connectivity index (χ4v) is 3.68. The predicted molar refractivity (Wildman–Crippen MR) is 94.5 cm³/mol. The Kier molecular flexibility index (Phi) is 9.35. The zero-order valence-corrected chi connectivity index (χ0v) is 16.3. The Hall–Kier alpha value is -0.110. The van der Waals surface area contributed by atoms with Gasteiger partial charge in [0.1, 0.15) is 18.3 Å². The second kappa shape index (κ2) is 9.39. The summed E-state index contributed by atoms with van der Waals surface area (Å²) in [6, 6.07) is -1.29. The quantitative estimate of drug-likeness (QED) is 0.314. The van der Waals surface area contributed by atoms with Gasteiger partial charge in [-0.3, -0.25) is 4.79 Å². The fraction of sp³-hybridized carbons (Fsp3) is 0.929. The van der Waals surface area contributed by atoms with Crippen LogP contribution in [0.1, 0.15) is 13.3 Å². The third-order valence-corrected chi connectivity index (χ3v) is 4.93. The summed E-state index contributed by atoms with van der Waals surface area (Å²) >= 11 is 0. The number of rotatable bonds is 2. The van der Waals surface area contributed by atoms with Crippen LogP contribution in [0, 0.1) is 0 Å². The molecule has 10 nitrogen and oxygen atoms in total. The number of hydrogen-bond acceptors (Lipinski definition) is 9. The first kappa shape index (κ1) is 25.9. The average molecular weight is 423 g/mol. The maximum Gasteiger partial charge on any atom is 0.280 e. The molecule has 1 saturated carbocycles. The number of nitrogens with one attached hydrogen (secondary N) is 2. The van der Waals surface area contributed by atoms with Crippen LogP contribution in [0.3, 0.4) is 0 Å². The van der Waals surface area contributed by atoms with Gasteiger partial charge < -0.3 is 45.6 Å². The minimum Gasteiger partial charge on any atom is -0.412 e.